The zero-order valence-corrected chi connectivity index (χ0v) is 26.1. The monoisotopic (exact) mass is 582 g/mol. The molecule has 1 spiro atoms. The molecule has 0 aliphatic carbocycles. The second kappa shape index (κ2) is 22.1. The van der Waals surface area contributed by atoms with Crippen molar-refractivity contribution >= 4 is 17.9 Å². The standard InChI is InChI=1S/C33H59FN2O5/c1-2-3-4-5-6-7-8-9-10-11-12-13-14-15-31(38)35-22-18-33(19-23-35)20-24-36(25-21-33)32(39)17-27-41-29-28-40-26-16-30(34)37/h2-29H2,1H3. The van der Waals surface area contributed by atoms with Gasteiger partial charge in [0.05, 0.1) is 39.3 Å². The average molecular weight is 583 g/mol. The molecular formula is C33H59FN2O5. The number of carbonyl (C=O) groups excluding carboxylic acids is 3. The number of hydrogen-bond acceptors (Lipinski definition) is 5. The molecule has 0 aromatic heterocycles. The number of unbranched alkanes of at least 4 members (excludes halogenated alkanes) is 12. The quantitative estimate of drug-likeness (QED) is 0.0957. The maximum absolute atomic E-state index is 12.8. The van der Waals surface area contributed by atoms with E-state index in [1.54, 1.807) is 0 Å². The second-order valence-electron chi connectivity index (χ2n) is 12.3. The predicted octanol–water partition coefficient (Wildman–Crippen LogP) is 7.01. The Hall–Kier alpha value is -1.54. The summed E-state index contributed by atoms with van der Waals surface area (Å²) in [4.78, 5) is 39.6. The molecule has 41 heavy (non-hydrogen) atoms. The molecule has 7 nitrogen and oxygen atoms in total. The van der Waals surface area contributed by atoms with Crippen molar-refractivity contribution in [3.05, 3.63) is 0 Å². The zero-order valence-electron chi connectivity index (χ0n) is 26.1. The SMILES string of the molecule is CCCCCCCCCCCCCCCC(=O)N1CCC2(CC1)CCN(C(=O)CCOCCOCCC(=O)F)CC2. The molecule has 2 saturated heterocycles. The Morgan fingerprint density at radius 1 is 0.561 bits per heavy atom. The first-order valence-corrected chi connectivity index (χ1v) is 16.9. The minimum Gasteiger partial charge on any atom is -0.379 e. The fourth-order valence-corrected chi connectivity index (χ4v) is 6.21. The van der Waals surface area contributed by atoms with Gasteiger partial charge in [0.1, 0.15) is 0 Å². The van der Waals surface area contributed by atoms with Crippen molar-refractivity contribution in [1.82, 2.24) is 9.80 Å². The summed E-state index contributed by atoms with van der Waals surface area (Å²) in [6.07, 6.45) is 22.1. The first kappa shape index (κ1) is 35.7. The van der Waals surface area contributed by atoms with Crippen LogP contribution in [-0.4, -0.2) is 80.3 Å². The highest BCUT2D eigenvalue weighted by atomic mass is 19.1. The first-order chi connectivity index (χ1) is 20.0. The van der Waals surface area contributed by atoms with Crippen molar-refractivity contribution in [2.24, 2.45) is 5.41 Å². The highest BCUT2D eigenvalue weighted by Gasteiger charge is 2.39. The third-order valence-corrected chi connectivity index (χ3v) is 9.12. The molecule has 2 amide bonds. The largest absolute Gasteiger partial charge is 0.379 e. The molecule has 0 N–H and O–H groups in total. The van der Waals surface area contributed by atoms with E-state index in [2.05, 4.69) is 11.8 Å². The lowest BCUT2D eigenvalue weighted by Crippen LogP contribution is -2.49. The van der Waals surface area contributed by atoms with E-state index < -0.39 is 6.04 Å². The van der Waals surface area contributed by atoms with E-state index in [0.717, 1.165) is 58.3 Å². The summed E-state index contributed by atoms with van der Waals surface area (Å²) in [5, 5.41) is 0. The molecule has 2 heterocycles. The molecule has 0 radical (unpaired) electrons. The summed E-state index contributed by atoms with van der Waals surface area (Å²) in [7, 11) is 0. The topological polar surface area (TPSA) is 76.2 Å². The molecule has 2 fully saturated rings. The molecule has 0 saturated carbocycles. The van der Waals surface area contributed by atoms with Gasteiger partial charge in [0.15, 0.2) is 0 Å². The third-order valence-electron chi connectivity index (χ3n) is 9.12. The van der Waals surface area contributed by atoms with Gasteiger partial charge in [-0.1, -0.05) is 84.0 Å². The van der Waals surface area contributed by atoms with Gasteiger partial charge in [-0.2, -0.15) is 4.39 Å². The van der Waals surface area contributed by atoms with Crippen LogP contribution in [0.4, 0.5) is 4.39 Å². The summed E-state index contributed by atoms with van der Waals surface area (Å²) in [6.45, 7) is 6.56. The second-order valence-corrected chi connectivity index (χ2v) is 12.3. The fourth-order valence-electron chi connectivity index (χ4n) is 6.21. The summed E-state index contributed by atoms with van der Waals surface area (Å²) in [5.74, 6) is 0.450. The van der Waals surface area contributed by atoms with E-state index in [-0.39, 0.29) is 31.0 Å². The maximum atomic E-state index is 12.8. The molecule has 0 unspecified atom stereocenters. The molecule has 0 aromatic carbocycles. The predicted molar refractivity (Wildman–Crippen MR) is 161 cm³/mol. The third kappa shape index (κ3) is 16.0. The van der Waals surface area contributed by atoms with Crippen molar-refractivity contribution < 1.29 is 28.2 Å². The van der Waals surface area contributed by atoms with E-state index >= 15 is 0 Å². The highest BCUT2D eigenvalue weighted by molar-refractivity contribution is 5.77. The first-order valence-electron chi connectivity index (χ1n) is 16.9. The number of hydrogen-bond donors (Lipinski definition) is 0. The number of rotatable bonds is 23. The Morgan fingerprint density at radius 3 is 1.39 bits per heavy atom. The Kier molecular flexibility index (Phi) is 19.2. The molecular weight excluding hydrogens is 523 g/mol. The molecule has 0 atom stereocenters. The molecule has 238 valence electrons. The molecule has 2 rings (SSSR count). The molecule has 2 aliphatic heterocycles. The number of carbonyl (C=O) groups is 3. The molecule has 0 aromatic rings. The van der Waals surface area contributed by atoms with Gasteiger partial charge < -0.3 is 19.3 Å². The van der Waals surface area contributed by atoms with Crippen molar-refractivity contribution in [1.29, 1.82) is 0 Å². The fraction of sp³-hybridized carbons (Fsp3) is 0.909. The number of ether oxygens (including phenoxy) is 2. The van der Waals surface area contributed by atoms with Crippen LogP contribution in [0.15, 0.2) is 0 Å². The van der Waals surface area contributed by atoms with Gasteiger partial charge in [-0.25, -0.2) is 0 Å². The number of piperidine rings is 2. The van der Waals surface area contributed by atoms with Gasteiger partial charge >= 0.3 is 6.04 Å². The Labute approximate surface area is 249 Å². The van der Waals surface area contributed by atoms with Crippen molar-refractivity contribution in [3.63, 3.8) is 0 Å². The smallest absolute Gasteiger partial charge is 0.303 e. The lowest BCUT2D eigenvalue weighted by molar-refractivity contribution is -0.137. The number of amides is 2. The van der Waals surface area contributed by atoms with Crippen LogP contribution >= 0.6 is 0 Å². The van der Waals surface area contributed by atoms with E-state index in [9.17, 15) is 18.8 Å². The lowest BCUT2D eigenvalue weighted by Gasteiger charge is -2.47. The van der Waals surface area contributed by atoms with Gasteiger partial charge in [-0.05, 0) is 37.5 Å². The van der Waals surface area contributed by atoms with Crippen LogP contribution in [-0.2, 0) is 23.9 Å². The lowest BCUT2D eigenvalue weighted by atomic mass is 9.71. The molecule has 2 aliphatic rings. The number of likely N-dealkylation sites (tertiary alicyclic amines) is 2. The van der Waals surface area contributed by atoms with Crippen LogP contribution in [0, 0.1) is 5.41 Å². The van der Waals surface area contributed by atoms with Gasteiger partial charge in [0.25, 0.3) is 0 Å². The van der Waals surface area contributed by atoms with E-state index in [1.807, 2.05) is 4.90 Å². The average Bonchev–Trinajstić information content (AvgIpc) is 2.97. The minimum atomic E-state index is -1.38. The van der Waals surface area contributed by atoms with Crippen molar-refractivity contribution in [2.45, 2.75) is 135 Å². The normalized spacial score (nSPS) is 16.8. The summed E-state index contributed by atoms with van der Waals surface area (Å²) in [5.41, 5.74) is 0.276. The van der Waals surface area contributed by atoms with Crippen LogP contribution in [0.3, 0.4) is 0 Å². The Balaban J connectivity index is 1.44. The van der Waals surface area contributed by atoms with Crippen LogP contribution in [0.25, 0.3) is 0 Å². The van der Waals surface area contributed by atoms with Crippen molar-refractivity contribution in [2.75, 3.05) is 52.6 Å². The molecule has 8 heteroatoms. The maximum Gasteiger partial charge on any atom is 0.303 e. The van der Waals surface area contributed by atoms with Crippen LogP contribution in [0.5, 0.6) is 0 Å². The highest BCUT2D eigenvalue weighted by Crippen LogP contribution is 2.41. The Morgan fingerprint density at radius 2 is 0.951 bits per heavy atom. The summed E-state index contributed by atoms with van der Waals surface area (Å²) in [6, 6.07) is -1.38. The van der Waals surface area contributed by atoms with Crippen molar-refractivity contribution in [3.8, 4) is 0 Å². The summed E-state index contributed by atoms with van der Waals surface area (Å²) < 4.78 is 22.6. The number of nitrogens with zero attached hydrogens (tertiary/aromatic N) is 2. The van der Waals surface area contributed by atoms with Crippen LogP contribution in [0.1, 0.15) is 135 Å². The van der Waals surface area contributed by atoms with Gasteiger partial charge in [0.2, 0.25) is 11.8 Å². The van der Waals surface area contributed by atoms with E-state index in [4.69, 9.17) is 9.47 Å². The Bertz CT molecular complexity index is 716. The van der Waals surface area contributed by atoms with Crippen LogP contribution in [0.2, 0.25) is 0 Å². The number of halogens is 1. The van der Waals surface area contributed by atoms with Crippen LogP contribution < -0.4 is 0 Å². The summed E-state index contributed by atoms with van der Waals surface area (Å²) >= 11 is 0. The van der Waals surface area contributed by atoms with Gasteiger partial charge in [-0.3, -0.25) is 14.4 Å². The minimum absolute atomic E-state index is 0.0541. The molecule has 0 bridgehead atoms. The van der Waals surface area contributed by atoms with E-state index in [0.29, 0.717) is 32.0 Å². The zero-order chi connectivity index (χ0) is 29.6. The van der Waals surface area contributed by atoms with Gasteiger partial charge in [0, 0.05) is 32.6 Å². The van der Waals surface area contributed by atoms with E-state index in [1.165, 1.54) is 77.0 Å². The van der Waals surface area contributed by atoms with Gasteiger partial charge in [-0.15, -0.1) is 0 Å².